The molecule has 0 N–H and O–H groups in total. The number of hydrogen-bond donors (Lipinski definition) is 0. The summed E-state index contributed by atoms with van der Waals surface area (Å²) in [7, 11) is -3.06. The Labute approximate surface area is 131 Å². The van der Waals surface area contributed by atoms with Crippen LogP contribution in [0.2, 0.25) is 0 Å². The lowest BCUT2D eigenvalue weighted by molar-refractivity contribution is 0.0292. The third-order valence-corrected chi connectivity index (χ3v) is 7.50. The smallest absolute Gasteiger partial charge is 0.158 e. The van der Waals surface area contributed by atoms with Gasteiger partial charge in [0, 0.05) is 32.2 Å². The Kier molecular flexibility index (Phi) is 4.27. The maximum Gasteiger partial charge on any atom is 0.158 e. The number of halogens is 1. The predicted molar refractivity (Wildman–Crippen MR) is 82.8 cm³/mol. The number of rotatable bonds is 5. The van der Waals surface area contributed by atoms with Gasteiger partial charge in [0.2, 0.25) is 0 Å². The first kappa shape index (κ1) is 15.9. The molecule has 0 radical (unpaired) electrons. The van der Waals surface area contributed by atoms with Crippen LogP contribution >= 0.6 is 0 Å². The van der Waals surface area contributed by atoms with Crippen LogP contribution in [0.15, 0.2) is 24.3 Å². The zero-order valence-corrected chi connectivity index (χ0v) is 13.6. The first-order chi connectivity index (χ1) is 10.5. The van der Waals surface area contributed by atoms with E-state index in [1.807, 2.05) is 13.0 Å². The second-order valence-corrected chi connectivity index (χ2v) is 8.75. The number of hydrogen-bond acceptors (Lipinski definition) is 4. The molecular weight excluding hydrogens is 305 g/mol. The maximum atomic E-state index is 13.2. The van der Waals surface area contributed by atoms with E-state index in [4.69, 9.17) is 4.74 Å². The third kappa shape index (κ3) is 2.68. The lowest BCUT2D eigenvalue weighted by Crippen LogP contribution is -2.67. The lowest BCUT2D eigenvalue weighted by atomic mass is 9.83. The van der Waals surface area contributed by atoms with Crippen molar-refractivity contribution in [1.29, 1.82) is 0 Å². The number of nitrogens with zero attached hydrogens (tertiary/aromatic N) is 1. The Morgan fingerprint density at radius 3 is 2.86 bits per heavy atom. The van der Waals surface area contributed by atoms with Gasteiger partial charge in [-0.2, -0.15) is 0 Å². The molecule has 4 nitrogen and oxygen atoms in total. The third-order valence-electron chi connectivity index (χ3n) is 4.90. The van der Waals surface area contributed by atoms with E-state index in [0.717, 1.165) is 5.56 Å². The van der Waals surface area contributed by atoms with Gasteiger partial charge < -0.3 is 4.74 Å². The van der Waals surface area contributed by atoms with E-state index in [1.165, 1.54) is 12.1 Å². The highest BCUT2D eigenvalue weighted by atomic mass is 32.2. The van der Waals surface area contributed by atoms with Gasteiger partial charge in [0.1, 0.15) is 10.6 Å². The van der Waals surface area contributed by atoms with E-state index in [1.54, 1.807) is 6.07 Å². The summed E-state index contributed by atoms with van der Waals surface area (Å²) in [6.07, 6.45) is 0.691. The summed E-state index contributed by atoms with van der Waals surface area (Å²) < 4.78 is 43.0. The fourth-order valence-corrected chi connectivity index (χ4v) is 6.14. The monoisotopic (exact) mass is 327 g/mol. The van der Waals surface area contributed by atoms with E-state index < -0.39 is 14.6 Å². The second-order valence-electron chi connectivity index (χ2n) is 6.30. The number of sulfone groups is 1. The Morgan fingerprint density at radius 2 is 2.18 bits per heavy atom. The van der Waals surface area contributed by atoms with Crippen LogP contribution < -0.4 is 0 Å². The molecule has 2 saturated heterocycles. The van der Waals surface area contributed by atoms with Crippen LogP contribution in [0.25, 0.3) is 0 Å². The highest BCUT2D eigenvalue weighted by molar-refractivity contribution is 7.93. The van der Waals surface area contributed by atoms with Crippen LogP contribution in [0, 0.1) is 11.7 Å². The summed E-state index contributed by atoms with van der Waals surface area (Å²) in [6.45, 7) is 4.71. The number of likely N-dealkylation sites (tertiary alicyclic amines) is 1. The van der Waals surface area contributed by atoms with Gasteiger partial charge in [-0.05, 0) is 31.0 Å². The topological polar surface area (TPSA) is 46.6 Å². The van der Waals surface area contributed by atoms with E-state index >= 15 is 0 Å². The van der Waals surface area contributed by atoms with Crippen molar-refractivity contribution >= 4 is 9.84 Å². The zero-order valence-electron chi connectivity index (χ0n) is 12.8. The molecule has 3 rings (SSSR count). The fourth-order valence-electron chi connectivity index (χ4n) is 3.68. The molecule has 1 aromatic rings. The summed E-state index contributed by atoms with van der Waals surface area (Å²) in [6, 6.07) is 6.48. The van der Waals surface area contributed by atoms with Crippen molar-refractivity contribution in [2.45, 2.75) is 24.6 Å². The molecule has 122 valence electrons. The van der Waals surface area contributed by atoms with Crippen molar-refractivity contribution in [3.63, 3.8) is 0 Å². The summed E-state index contributed by atoms with van der Waals surface area (Å²) in [5.74, 6) is 0.0927. The zero-order chi connectivity index (χ0) is 15.8. The summed E-state index contributed by atoms with van der Waals surface area (Å²) in [5.41, 5.74) is 0.881. The quantitative estimate of drug-likeness (QED) is 0.828. The minimum absolute atomic E-state index is 0.0845. The Morgan fingerprint density at radius 1 is 1.41 bits per heavy atom. The molecule has 1 aromatic carbocycles. The molecule has 2 aliphatic heterocycles. The first-order valence-electron chi connectivity index (χ1n) is 7.74. The Bertz CT molecular complexity index is 641. The molecule has 0 aliphatic carbocycles. The van der Waals surface area contributed by atoms with Crippen LogP contribution in [-0.2, 0) is 21.1 Å². The van der Waals surface area contributed by atoms with Gasteiger partial charge in [-0.25, -0.2) is 12.8 Å². The van der Waals surface area contributed by atoms with Gasteiger partial charge in [0.25, 0.3) is 0 Å². The van der Waals surface area contributed by atoms with Gasteiger partial charge in [-0.15, -0.1) is 0 Å². The molecule has 22 heavy (non-hydrogen) atoms. The Hall–Kier alpha value is -0.980. The van der Waals surface area contributed by atoms with Gasteiger partial charge in [-0.1, -0.05) is 12.1 Å². The van der Waals surface area contributed by atoms with Crippen molar-refractivity contribution in [1.82, 2.24) is 4.90 Å². The Balaban J connectivity index is 1.68. The largest absolute Gasteiger partial charge is 0.381 e. The van der Waals surface area contributed by atoms with Crippen molar-refractivity contribution in [2.75, 3.05) is 32.1 Å². The van der Waals surface area contributed by atoms with Crippen LogP contribution in [0.3, 0.4) is 0 Å². The molecule has 2 fully saturated rings. The van der Waals surface area contributed by atoms with Gasteiger partial charge >= 0.3 is 0 Å². The second kappa shape index (κ2) is 5.91. The SMILES string of the molecule is CCOCC1CCS(=O)(=O)C12CN(Cc1cccc(F)c1)C2. The van der Waals surface area contributed by atoms with Crippen molar-refractivity contribution in [2.24, 2.45) is 5.92 Å². The summed E-state index contributed by atoms with van der Waals surface area (Å²) in [5, 5.41) is 0. The minimum Gasteiger partial charge on any atom is -0.381 e. The molecule has 0 bridgehead atoms. The normalized spacial score (nSPS) is 26.2. The van der Waals surface area contributed by atoms with Crippen molar-refractivity contribution in [3.05, 3.63) is 35.6 Å². The average molecular weight is 327 g/mol. The van der Waals surface area contributed by atoms with Crippen LogP contribution in [0.1, 0.15) is 18.9 Å². The fraction of sp³-hybridized carbons (Fsp3) is 0.625. The number of benzene rings is 1. The molecule has 2 aliphatic rings. The molecule has 6 heteroatoms. The van der Waals surface area contributed by atoms with E-state index in [9.17, 15) is 12.8 Å². The first-order valence-corrected chi connectivity index (χ1v) is 9.39. The van der Waals surface area contributed by atoms with E-state index in [2.05, 4.69) is 4.90 Å². The van der Waals surface area contributed by atoms with E-state index in [0.29, 0.717) is 39.3 Å². The molecular formula is C16H22FNO3S. The number of ether oxygens (including phenoxy) is 1. The van der Waals surface area contributed by atoms with Gasteiger partial charge in [0.15, 0.2) is 9.84 Å². The molecule has 2 heterocycles. The van der Waals surface area contributed by atoms with Gasteiger partial charge in [-0.3, -0.25) is 4.90 Å². The maximum absolute atomic E-state index is 13.2. The molecule has 0 aromatic heterocycles. The molecule has 0 saturated carbocycles. The van der Waals surface area contributed by atoms with Crippen LogP contribution in [0.4, 0.5) is 4.39 Å². The lowest BCUT2D eigenvalue weighted by Gasteiger charge is -2.50. The molecule has 1 unspecified atom stereocenters. The minimum atomic E-state index is -3.06. The highest BCUT2D eigenvalue weighted by Gasteiger charge is 2.61. The summed E-state index contributed by atoms with van der Waals surface area (Å²) >= 11 is 0. The summed E-state index contributed by atoms with van der Waals surface area (Å²) in [4.78, 5) is 2.08. The predicted octanol–water partition coefficient (Wildman–Crippen LogP) is 1.85. The van der Waals surface area contributed by atoms with E-state index in [-0.39, 0.29) is 17.5 Å². The molecule has 0 amide bonds. The van der Waals surface area contributed by atoms with Gasteiger partial charge in [0.05, 0.1) is 12.4 Å². The molecule has 1 atom stereocenters. The van der Waals surface area contributed by atoms with Crippen molar-refractivity contribution < 1.29 is 17.5 Å². The van der Waals surface area contributed by atoms with Crippen LogP contribution in [0.5, 0.6) is 0 Å². The highest BCUT2D eigenvalue weighted by Crippen LogP contribution is 2.45. The van der Waals surface area contributed by atoms with Crippen molar-refractivity contribution in [3.8, 4) is 0 Å². The molecule has 1 spiro atoms. The average Bonchev–Trinajstić information content (AvgIpc) is 2.68. The standard InChI is InChI=1S/C16H22FNO3S/c1-2-21-10-14-6-7-22(19,20)16(14)11-18(12-16)9-13-4-3-5-15(17)8-13/h3-5,8,14H,2,6-7,9-12H2,1H3. The van der Waals surface area contributed by atoms with Crippen LogP contribution in [-0.4, -0.2) is 50.1 Å².